The molecule has 0 aromatic heterocycles. The monoisotopic (exact) mass is 362 g/mol. The zero-order chi connectivity index (χ0) is 15.7. The summed E-state index contributed by atoms with van der Waals surface area (Å²) < 4.78 is 41.0. The smallest absolute Gasteiger partial charge is 0.131 e. The van der Waals surface area contributed by atoms with Crippen LogP contribution in [0.25, 0.3) is 22.3 Å². The summed E-state index contributed by atoms with van der Waals surface area (Å²) in [5.41, 5.74) is 2.30. The van der Waals surface area contributed by atoms with Gasteiger partial charge in [0.15, 0.2) is 0 Å². The van der Waals surface area contributed by atoms with E-state index in [-0.39, 0.29) is 11.6 Å². The largest absolute Gasteiger partial charge is 0.207 e. The highest BCUT2D eigenvalue weighted by atomic mass is 79.9. The van der Waals surface area contributed by atoms with Crippen molar-refractivity contribution in [2.24, 2.45) is 0 Å². The lowest BCUT2D eigenvalue weighted by Gasteiger charge is -2.10. The van der Waals surface area contributed by atoms with Gasteiger partial charge in [-0.2, -0.15) is 0 Å². The van der Waals surface area contributed by atoms with Crippen molar-refractivity contribution < 1.29 is 13.2 Å². The highest BCUT2D eigenvalue weighted by Gasteiger charge is 2.12. The van der Waals surface area contributed by atoms with Gasteiger partial charge in [-0.1, -0.05) is 40.2 Å². The third kappa shape index (κ3) is 2.92. The first-order valence-corrected chi connectivity index (χ1v) is 7.35. The van der Waals surface area contributed by atoms with Gasteiger partial charge in [-0.25, -0.2) is 13.2 Å². The summed E-state index contributed by atoms with van der Waals surface area (Å²) in [5, 5.41) is 0. The number of hydrogen-bond acceptors (Lipinski definition) is 0. The lowest BCUT2D eigenvalue weighted by Crippen LogP contribution is -1.89. The van der Waals surface area contributed by atoms with Crippen molar-refractivity contribution in [3.63, 3.8) is 0 Å². The first-order valence-electron chi connectivity index (χ1n) is 6.55. The molecule has 0 aliphatic rings. The molecule has 3 aromatic carbocycles. The number of hydrogen-bond donors (Lipinski definition) is 0. The summed E-state index contributed by atoms with van der Waals surface area (Å²) in [7, 11) is 0. The van der Waals surface area contributed by atoms with Crippen LogP contribution in [0, 0.1) is 17.5 Å². The molecule has 22 heavy (non-hydrogen) atoms. The molecule has 0 aliphatic heterocycles. The quantitative estimate of drug-likeness (QED) is 0.509. The second kappa shape index (κ2) is 5.97. The van der Waals surface area contributed by atoms with Gasteiger partial charge in [-0.3, -0.25) is 0 Å². The standard InChI is InChI=1S/C18H10BrF3/c19-17-9-16(12-3-7-14(21)8-4-12)18(22)10-15(17)11-1-5-13(20)6-2-11/h1-10H. The Hall–Kier alpha value is -2.07. The highest BCUT2D eigenvalue weighted by molar-refractivity contribution is 9.10. The fourth-order valence-corrected chi connectivity index (χ4v) is 2.82. The Morgan fingerprint density at radius 1 is 0.591 bits per heavy atom. The molecular weight excluding hydrogens is 353 g/mol. The molecule has 0 amide bonds. The molecule has 0 fully saturated rings. The normalized spacial score (nSPS) is 10.7. The van der Waals surface area contributed by atoms with E-state index in [0.29, 0.717) is 26.7 Å². The van der Waals surface area contributed by atoms with Crippen molar-refractivity contribution in [2.45, 2.75) is 0 Å². The van der Waals surface area contributed by atoms with Gasteiger partial charge in [-0.05, 0) is 53.1 Å². The average molecular weight is 363 g/mol. The minimum absolute atomic E-state index is 0.344. The van der Waals surface area contributed by atoms with E-state index in [1.807, 2.05) is 0 Å². The van der Waals surface area contributed by atoms with E-state index in [1.165, 1.54) is 42.5 Å². The molecule has 4 heteroatoms. The summed E-state index contributed by atoms with van der Waals surface area (Å²) in [6.07, 6.45) is 0. The van der Waals surface area contributed by atoms with Crippen molar-refractivity contribution in [3.8, 4) is 22.3 Å². The maximum Gasteiger partial charge on any atom is 0.131 e. The van der Waals surface area contributed by atoms with Crippen LogP contribution >= 0.6 is 15.9 Å². The molecule has 0 heterocycles. The van der Waals surface area contributed by atoms with Crippen LogP contribution in [0.5, 0.6) is 0 Å². The van der Waals surface area contributed by atoms with Crippen molar-refractivity contribution in [2.75, 3.05) is 0 Å². The summed E-state index contributed by atoms with van der Waals surface area (Å²) in [5.74, 6) is -1.14. The van der Waals surface area contributed by atoms with Gasteiger partial charge < -0.3 is 0 Å². The molecule has 0 N–H and O–H groups in total. The van der Waals surface area contributed by atoms with Crippen LogP contribution < -0.4 is 0 Å². The van der Waals surface area contributed by atoms with Crippen LogP contribution in [0.3, 0.4) is 0 Å². The van der Waals surface area contributed by atoms with E-state index in [2.05, 4.69) is 15.9 Å². The van der Waals surface area contributed by atoms with Crippen molar-refractivity contribution in [1.29, 1.82) is 0 Å². The minimum Gasteiger partial charge on any atom is -0.207 e. The predicted molar refractivity (Wildman–Crippen MR) is 84.9 cm³/mol. The fraction of sp³-hybridized carbons (Fsp3) is 0. The molecule has 0 aliphatic carbocycles. The lowest BCUT2D eigenvalue weighted by atomic mass is 9.99. The van der Waals surface area contributed by atoms with E-state index < -0.39 is 5.82 Å². The van der Waals surface area contributed by atoms with E-state index in [0.717, 1.165) is 0 Å². The fourth-order valence-electron chi connectivity index (χ4n) is 2.25. The highest BCUT2D eigenvalue weighted by Crippen LogP contribution is 2.34. The Morgan fingerprint density at radius 2 is 1.05 bits per heavy atom. The van der Waals surface area contributed by atoms with Crippen molar-refractivity contribution in [1.82, 2.24) is 0 Å². The zero-order valence-corrected chi connectivity index (χ0v) is 12.9. The summed E-state index contributed by atoms with van der Waals surface area (Å²) in [4.78, 5) is 0. The predicted octanol–water partition coefficient (Wildman–Crippen LogP) is 6.20. The maximum atomic E-state index is 14.4. The van der Waals surface area contributed by atoms with Crippen LogP contribution in [0.4, 0.5) is 13.2 Å². The van der Waals surface area contributed by atoms with E-state index in [1.54, 1.807) is 18.2 Å². The first kappa shape index (κ1) is 14.9. The van der Waals surface area contributed by atoms with Gasteiger partial charge >= 0.3 is 0 Å². The molecule has 3 aromatic rings. The summed E-state index contributed by atoms with van der Waals surface area (Å²) in [6.45, 7) is 0. The summed E-state index contributed by atoms with van der Waals surface area (Å²) >= 11 is 3.41. The van der Waals surface area contributed by atoms with E-state index in [9.17, 15) is 13.2 Å². The van der Waals surface area contributed by atoms with Crippen molar-refractivity contribution >= 4 is 15.9 Å². The van der Waals surface area contributed by atoms with Gasteiger partial charge in [0.05, 0.1) is 0 Å². The molecule has 0 nitrogen and oxygen atoms in total. The Bertz CT molecular complexity index is 738. The molecule has 0 unspecified atom stereocenters. The Kier molecular flexibility index (Phi) is 4.03. The van der Waals surface area contributed by atoms with Gasteiger partial charge in [0.25, 0.3) is 0 Å². The number of rotatable bonds is 2. The second-order valence-electron chi connectivity index (χ2n) is 4.83. The summed E-state index contributed by atoms with van der Waals surface area (Å²) in [6, 6.07) is 14.5. The van der Waals surface area contributed by atoms with Crippen LogP contribution in [0.2, 0.25) is 0 Å². The van der Waals surface area contributed by atoms with Crippen LogP contribution in [0.15, 0.2) is 65.1 Å². The average Bonchev–Trinajstić information content (AvgIpc) is 2.51. The molecule has 0 spiro atoms. The van der Waals surface area contributed by atoms with E-state index >= 15 is 0 Å². The molecule has 0 saturated carbocycles. The molecular formula is C18H10BrF3. The van der Waals surface area contributed by atoms with Crippen molar-refractivity contribution in [3.05, 3.63) is 82.6 Å². The Morgan fingerprint density at radius 3 is 1.55 bits per heavy atom. The van der Waals surface area contributed by atoms with Gasteiger partial charge in [0.2, 0.25) is 0 Å². The molecule has 0 bridgehead atoms. The molecule has 0 saturated heterocycles. The third-order valence-electron chi connectivity index (χ3n) is 3.37. The van der Waals surface area contributed by atoms with Crippen LogP contribution in [-0.4, -0.2) is 0 Å². The SMILES string of the molecule is Fc1ccc(-c2cc(Br)c(-c3ccc(F)cc3)cc2F)cc1. The van der Waals surface area contributed by atoms with Gasteiger partial charge in [0.1, 0.15) is 17.5 Å². The zero-order valence-electron chi connectivity index (χ0n) is 11.3. The number of halogens is 4. The lowest BCUT2D eigenvalue weighted by molar-refractivity contribution is 0.625. The Balaban J connectivity index is 2.08. The Labute approximate surface area is 134 Å². The second-order valence-corrected chi connectivity index (χ2v) is 5.68. The van der Waals surface area contributed by atoms with E-state index in [4.69, 9.17) is 0 Å². The first-order chi connectivity index (χ1) is 10.5. The van der Waals surface area contributed by atoms with Crippen LogP contribution in [0.1, 0.15) is 0 Å². The topological polar surface area (TPSA) is 0 Å². The molecule has 110 valence electrons. The van der Waals surface area contributed by atoms with Gasteiger partial charge in [-0.15, -0.1) is 0 Å². The van der Waals surface area contributed by atoms with Crippen LogP contribution in [-0.2, 0) is 0 Å². The molecule has 3 rings (SSSR count). The molecule has 0 atom stereocenters. The minimum atomic E-state index is -0.422. The third-order valence-corrected chi connectivity index (χ3v) is 4.02. The number of benzene rings is 3. The molecule has 0 radical (unpaired) electrons. The van der Waals surface area contributed by atoms with Gasteiger partial charge in [0, 0.05) is 10.0 Å². The maximum absolute atomic E-state index is 14.4.